The van der Waals surface area contributed by atoms with Gasteiger partial charge in [-0.25, -0.2) is 4.98 Å². The minimum Gasteiger partial charge on any atom is -0.393 e. The Kier molecular flexibility index (Phi) is 3.61. The molecule has 1 atom stereocenters. The highest BCUT2D eigenvalue weighted by Crippen LogP contribution is 2.22. The number of piperidine rings is 1. The van der Waals surface area contributed by atoms with Gasteiger partial charge in [-0.15, -0.1) is 0 Å². The van der Waals surface area contributed by atoms with Crippen LogP contribution in [0.15, 0.2) is 24.5 Å². The van der Waals surface area contributed by atoms with E-state index < -0.39 is 5.60 Å². The van der Waals surface area contributed by atoms with E-state index in [1.807, 2.05) is 0 Å². The number of imidazole rings is 1. The summed E-state index contributed by atoms with van der Waals surface area (Å²) in [5.74, 6) is -0.249. The summed E-state index contributed by atoms with van der Waals surface area (Å²) < 4.78 is 1.69. The van der Waals surface area contributed by atoms with Gasteiger partial charge < -0.3 is 19.5 Å². The highest BCUT2D eigenvalue weighted by atomic mass is 35.5. The summed E-state index contributed by atoms with van der Waals surface area (Å²) in [5, 5.41) is 19.9. The average Bonchev–Trinajstić information content (AvgIpc) is 2.89. The van der Waals surface area contributed by atoms with Crippen LogP contribution in [0.1, 0.15) is 23.3 Å². The van der Waals surface area contributed by atoms with Crippen molar-refractivity contribution in [2.24, 2.45) is 0 Å². The van der Waals surface area contributed by atoms with Crippen molar-refractivity contribution < 1.29 is 15.0 Å². The summed E-state index contributed by atoms with van der Waals surface area (Å²) in [5.41, 5.74) is -0.271. The zero-order valence-corrected chi connectivity index (χ0v) is 12.1. The normalized spacial score (nSPS) is 22.7. The molecule has 2 aromatic heterocycles. The lowest BCUT2D eigenvalue weighted by molar-refractivity contribution is -0.0599. The zero-order valence-electron chi connectivity index (χ0n) is 11.4. The predicted octanol–water partition coefficient (Wildman–Crippen LogP) is 0.947. The molecule has 1 amide bonds. The first-order chi connectivity index (χ1) is 10.0. The molecule has 2 N–H and O–H groups in total. The van der Waals surface area contributed by atoms with Crippen molar-refractivity contribution in [3.05, 3.63) is 35.2 Å². The molecule has 1 saturated heterocycles. The lowest BCUT2D eigenvalue weighted by Gasteiger charge is -2.37. The van der Waals surface area contributed by atoms with E-state index >= 15 is 0 Å². The lowest BCUT2D eigenvalue weighted by atomic mass is 9.93. The van der Waals surface area contributed by atoms with Crippen LogP contribution in [0.2, 0.25) is 5.02 Å². The molecule has 0 spiro atoms. The molecule has 3 heterocycles. The van der Waals surface area contributed by atoms with E-state index in [1.54, 1.807) is 28.9 Å². The summed E-state index contributed by atoms with van der Waals surface area (Å²) in [7, 11) is 0. The third-order valence-electron chi connectivity index (χ3n) is 3.77. The predicted molar refractivity (Wildman–Crippen MR) is 77.4 cm³/mol. The molecule has 1 aliphatic rings. The molecule has 7 heteroatoms. The van der Waals surface area contributed by atoms with Crippen molar-refractivity contribution in [1.82, 2.24) is 14.3 Å². The van der Waals surface area contributed by atoms with Gasteiger partial charge in [0.25, 0.3) is 5.91 Å². The Balaban J connectivity index is 1.86. The van der Waals surface area contributed by atoms with Gasteiger partial charge in [0.2, 0.25) is 0 Å². The standard InChI is InChI=1S/C14H16ClN3O3/c15-10-2-3-12-16-11(7-18(12)6-10)13(20)17-5-1-4-14(21,8-17)9-19/h2-3,6-7,19,21H,1,4-5,8-9H2/t14-/m0/s1. The fourth-order valence-corrected chi connectivity index (χ4v) is 2.81. The highest BCUT2D eigenvalue weighted by molar-refractivity contribution is 6.30. The number of carbonyl (C=O) groups is 1. The molecule has 6 nitrogen and oxygen atoms in total. The van der Waals surface area contributed by atoms with Gasteiger partial charge in [-0.2, -0.15) is 0 Å². The van der Waals surface area contributed by atoms with E-state index in [-0.39, 0.29) is 19.1 Å². The second-order valence-corrected chi connectivity index (χ2v) is 5.89. The largest absolute Gasteiger partial charge is 0.393 e. The first-order valence-corrected chi connectivity index (χ1v) is 7.15. The van der Waals surface area contributed by atoms with Gasteiger partial charge in [-0.1, -0.05) is 11.6 Å². The van der Waals surface area contributed by atoms with Gasteiger partial charge in [-0.05, 0) is 25.0 Å². The number of pyridine rings is 1. The van der Waals surface area contributed by atoms with Gasteiger partial charge in [0.15, 0.2) is 0 Å². The fraction of sp³-hybridized carbons (Fsp3) is 0.429. The second-order valence-electron chi connectivity index (χ2n) is 5.45. The molecular formula is C14H16ClN3O3. The summed E-state index contributed by atoms with van der Waals surface area (Å²) >= 11 is 5.91. The number of hydrogen-bond donors (Lipinski definition) is 2. The van der Waals surface area contributed by atoms with E-state index in [1.165, 1.54) is 4.90 Å². The van der Waals surface area contributed by atoms with E-state index in [4.69, 9.17) is 11.6 Å². The third kappa shape index (κ3) is 2.74. The number of fused-ring (bicyclic) bond motifs is 1. The van der Waals surface area contributed by atoms with Crippen LogP contribution < -0.4 is 0 Å². The number of rotatable bonds is 2. The quantitative estimate of drug-likeness (QED) is 0.866. The smallest absolute Gasteiger partial charge is 0.274 e. The first kappa shape index (κ1) is 14.3. The SMILES string of the molecule is O=C(c1cn2cc(Cl)ccc2n1)N1CCC[C@@](O)(CO)C1. The number of carbonyl (C=O) groups excluding carboxylic acids is 1. The van der Waals surface area contributed by atoms with Crippen LogP contribution in [0.5, 0.6) is 0 Å². The summed E-state index contributed by atoms with van der Waals surface area (Å²) in [6.45, 7) is 0.324. The van der Waals surface area contributed by atoms with Crippen LogP contribution in [0, 0.1) is 0 Å². The Morgan fingerprint density at radius 2 is 2.24 bits per heavy atom. The van der Waals surface area contributed by atoms with Crippen LogP contribution in [0.25, 0.3) is 5.65 Å². The molecule has 2 aromatic rings. The molecule has 21 heavy (non-hydrogen) atoms. The van der Waals surface area contributed by atoms with E-state index in [0.717, 1.165) is 0 Å². The van der Waals surface area contributed by atoms with Gasteiger partial charge in [0, 0.05) is 18.9 Å². The van der Waals surface area contributed by atoms with Crippen molar-refractivity contribution >= 4 is 23.2 Å². The van der Waals surface area contributed by atoms with Crippen LogP contribution >= 0.6 is 11.6 Å². The Morgan fingerprint density at radius 1 is 1.43 bits per heavy atom. The number of nitrogens with zero attached hydrogens (tertiary/aromatic N) is 3. The number of aliphatic hydroxyl groups is 2. The molecule has 0 aliphatic carbocycles. The molecule has 0 bridgehead atoms. The van der Waals surface area contributed by atoms with Crippen LogP contribution in [0.4, 0.5) is 0 Å². The Bertz CT molecular complexity index is 687. The van der Waals surface area contributed by atoms with Crippen LogP contribution in [-0.2, 0) is 0 Å². The van der Waals surface area contributed by atoms with E-state index in [2.05, 4.69) is 4.98 Å². The molecule has 3 rings (SSSR count). The van der Waals surface area contributed by atoms with Crippen LogP contribution in [-0.4, -0.2) is 55.7 Å². The van der Waals surface area contributed by atoms with Gasteiger partial charge in [-0.3, -0.25) is 4.79 Å². The maximum absolute atomic E-state index is 12.5. The van der Waals surface area contributed by atoms with E-state index in [9.17, 15) is 15.0 Å². The number of halogens is 1. The minimum atomic E-state index is -1.21. The van der Waals surface area contributed by atoms with Crippen molar-refractivity contribution in [1.29, 1.82) is 0 Å². The number of likely N-dealkylation sites (tertiary alicyclic amines) is 1. The van der Waals surface area contributed by atoms with E-state index in [0.29, 0.717) is 35.8 Å². The summed E-state index contributed by atoms with van der Waals surface area (Å²) in [6.07, 6.45) is 4.45. The second kappa shape index (κ2) is 5.29. The Labute approximate surface area is 126 Å². The number of amides is 1. The first-order valence-electron chi connectivity index (χ1n) is 6.77. The molecule has 0 saturated carbocycles. The topological polar surface area (TPSA) is 78.1 Å². The molecule has 0 radical (unpaired) electrons. The van der Waals surface area contributed by atoms with Crippen molar-refractivity contribution in [3.63, 3.8) is 0 Å². The molecule has 112 valence electrons. The van der Waals surface area contributed by atoms with Gasteiger partial charge in [0.1, 0.15) is 16.9 Å². The van der Waals surface area contributed by atoms with Crippen molar-refractivity contribution in [3.8, 4) is 0 Å². The molecule has 1 aliphatic heterocycles. The van der Waals surface area contributed by atoms with Gasteiger partial charge >= 0.3 is 0 Å². The molecule has 1 fully saturated rings. The molecular weight excluding hydrogens is 294 g/mol. The highest BCUT2D eigenvalue weighted by Gasteiger charge is 2.35. The van der Waals surface area contributed by atoms with Crippen molar-refractivity contribution in [2.75, 3.05) is 19.7 Å². The number of hydrogen-bond acceptors (Lipinski definition) is 4. The maximum Gasteiger partial charge on any atom is 0.274 e. The van der Waals surface area contributed by atoms with Crippen LogP contribution in [0.3, 0.4) is 0 Å². The zero-order chi connectivity index (χ0) is 15.0. The minimum absolute atomic E-state index is 0.122. The monoisotopic (exact) mass is 309 g/mol. The molecule has 0 aromatic carbocycles. The third-order valence-corrected chi connectivity index (χ3v) is 3.99. The summed E-state index contributed by atoms with van der Waals surface area (Å²) in [4.78, 5) is 18.3. The maximum atomic E-state index is 12.5. The number of aliphatic hydroxyl groups excluding tert-OH is 1. The fourth-order valence-electron chi connectivity index (χ4n) is 2.64. The lowest BCUT2D eigenvalue weighted by Crippen LogP contribution is -2.52. The number of aromatic nitrogens is 2. The van der Waals surface area contributed by atoms with Gasteiger partial charge in [0.05, 0.1) is 18.2 Å². The van der Waals surface area contributed by atoms with Crippen molar-refractivity contribution in [2.45, 2.75) is 18.4 Å². The average molecular weight is 310 g/mol. The number of β-amino-alcohol motifs (C(OH)–C–C–N with tert-alkyl or cyclic N) is 1. The summed E-state index contributed by atoms with van der Waals surface area (Å²) in [6, 6.07) is 3.45. The Hall–Kier alpha value is -1.63. The molecule has 0 unspecified atom stereocenters. The Morgan fingerprint density at radius 3 is 3.00 bits per heavy atom.